The minimum absolute atomic E-state index is 0. The lowest BCUT2D eigenvalue weighted by atomic mass is 10.1. The molecule has 0 aliphatic carbocycles. The molecule has 1 aromatic heterocycles. The fourth-order valence-electron chi connectivity index (χ4n) is 3.37. The lowest BCUT2D eigenvalue weighted by Crippen LogP contribution is -2.38. The Balaban J connectivity index is 0.00000261. The van der Waals surface area contributed by atoms with Crippen LogP contribution in [0.4, 0.5) is 0 Å². The summed E-state index contributed by atoms with van der Waals surface area (Å²) in [5.41, 5.74) is 2.54. The Labute approximate surface area is 179 Å². The van der Waals surface area contributed by atoms with E-state index in [4.69, 9.17) is 0 Å². The van der Waals surface area contributed by atoms with Crippen molar-refractivity contribution in [2.45, 2.75) is 32.4 Å². The van der Waals surface area contributed by atoms with Gasteiger partial charge in [-0.15, -0.1) is 24.0 Å². The van der Waals surface area contributed by atoms with E-state index in [1.807, 2.05) is 30.2 Å². The molecule has 1 saturated heterocycles. The summed E-state index contributed by atoms with van der Waals surface area (Å²) in [4.78, 5) is 6.89. The predicted octanol–water partition coefficient (Wildman–Crippen LogP) is 2.70. The standard InChI is InChI=1S/C20H30N6.HI/c1-21-20(22-10-6-14-25-12-4-5-13-25)23-16-18-8-2-3-9-19(18)17-26-15-7-11-24-26;/h2-3,7-9,11,15H,4-6,10,12-14,16-17H2,1H3,(H2,21,22,23);1H. The third-order valence-electron chi connectivity index (χ3n) is 4.82. The number of nitrogens with zero attached hydrogens (tertiary/aromatic N) is 4. The molecule has 6 nitrogen and oxygen atoms in total. The Morgan fingerprint density at radius 2 is 1.89 bits per heavy atom. The summed E-state index contributed by atoms with van der Waals surface area (Å²) in [6, 6.07) is 10.4. The maximum absolute atomic E-state index is 4.34. The Hall–Kier alpha value is -1.61. The number of aromatic nitrogens is 2. The van der Waals surface area contributed by atoms with Gasteiger partial charge in [0, 0.05) is 32.5 Å². The molecule has 0 bridgehead atoms. The predicted molar refractivity (Wildman–Crippen MR) is 122 cm³/mol. The third-order valence-corrected chi connectivity index (χ3v) is 4.82. The molecule has 3 rings (SSSR count). The van der Waals surface area contributed by atoms with Gasteiger partial charge in [0.2, 0.25) is 0 Å². The van der Waals surface area contributed by atoms with E-state index in [1.54, 1.807) is 0 Å². The average molecular weight is 482 g/mol. The minimum Gasteiger partial charge on any atom is -0.356 e. The molecular formula is C20H31IN6. The number of halogens is 1. The van der Waals surface area contributed by atoms with Gasteiger partial charge in [0.05, 0.1) is 6.54 Å². The number of rotatable bonds is 8. The molecule has 2 aromatic rings. The van der Waals surface area contributed by atoms with Gasteiger partial charge in [0.1, 0.15) is 0 Å². The Bertz CT molecular complexity index is 680. The van der Waals surface area contributed by atoms with E-state index < -0.39 is 0 Å². The van der Waals surface area contributed by atoms with Crippen LogP contribution in [-0.2, 0) is 13.1 Å². The van der Waals surface area contributed by atoms with E-state index in [2.05, 4.69) is 49.9 Å². The van der Waals surface area contributed by atoms with Crippen molar-refractivity contribution in [1.29, 1.82) is 0 Å². The highest BCUT2D eigenvalue weighted by molar-refractivity contribution is 14.0. The van der Waals surface area contributed by atoms with Crippen LogP contribution in [0.5, 0.6) is 0 Å². The summed E-state index contributed by atoms with van der Waals surface area (Å²) in [7, 11) is 1.82. The first kappa shape index (κ1) is 21.7. The molecule has 1 aliphatic rings. The number of likely N-dealkylation sites (tertiary alicyclic amines) is 1. The molecule has 148 valence electrons. The third kappa shape index (κ3) is 7.14. The summed E-state index contributed by atoms with van der Waals surface area (Å²) in [6.07, 6.45) is 7.67. The summed E-state index contributed by atoms with van der Waals surface area (Å²) in [5.74, 6) is 0.861. The van der Waals surface area contributed by atoms with Crippen LogP contribution in [0.25, 0.3) is 0 Å². The first-order valence-electron chi connectivity index (χ1n) is 9.56. The zero-order valence-corrected chi connectivity index (χ0v) is 18.4. The van der Waals surface area contributed by atoms with Crippen LogP contribution in [0.15, 0.2) is 47.7 Å². The zero-order valence-electron chi connectivity index (χ0n) is 16.1. The number of guanidine groups is 1. The van der Waals surface area contributed by atoms with Crippen LogP contribution in [0.3, 0.4) is 0 Å². The van der Waals surface area contributed by atoms with Crippen LogP contribution in [0, 0.1) is 0 Å². The topological polar surface area (TPSA) is 57.5 Å². The Morgan fingerprint density at radius 3 is 2.59 bits per heavy atom. The largest absolute Gasteiger partial charge is 0.356 e. The van der Waals surface area contributed by atoms with Gasteiger partial charge in [-0.05, 0) is 56.1 Å². The van der Waals surface area contributed by atoms with Gasteiger partial charge < -0.3 is 15.5 Å². The van der Waals surface area contributed by atoms with E-state index in [1.165, 1.54) is 43.6 Å². The maximum Gasteiger partial charge on any atom is 0.191 e. The fourth-order valence-corrected chi connectivity index (χ4v) is 3.37. The Morgan fingerprint density at radius 1 is 1.11 bits per heavy atom. The van der Waals surface area contributed by atoms with E-state index in [0.29, 0.717) is 0 Å². The van der Waals surface area contributed by atoms with Crippen LogP contribution in [-0.4, -0.2) is 53.9 Å². The van der Waals surface area contributed by atoms with Crippen LogP contribution in [0.1, 0.15) is 30.4 Å². The Kier molecular flexibility index (Phi) is 9.61. The highest BCUT2D eigenvalue weighted by Gasteiger charge is 2.10. The molecule has 27 heavy (non-hydrogen) atoms. The fraction of sp³-hybridized carbons (Fsp3) is 0.500. The highest BCUT2D eigenvalue weighted by Crippen LogP contribution is 2.10. The number of hydrogen-bond acceptors (Lipinski definition) is 3. The van der Waals surface area contributed by atoms with Gasteiger partial charge in [0.15, 0.2) is 5.96 Å². The number of nitrogens with one attached hydrogen (secondary N) is 2. The van der Waals surface area contributed by atoms with Crippen molar-refractivity contribution >= 4 is 29.9 Å². The van der Waals surface area contributed by atoms with Crippen molar-refractivity contribution in [3.63, 3.8) is 0 Å². The molecule has 0 unspecified atom stereocenters. The van der Waals surface area contributed by atoms with Crippen LogP contribution >= 0.6 is 24.0 Å². The molecular weight excluding hydrogens is 451 g/mol. The number of aliphatic imine (C=N–C) groups is 1. The second-order valence-corrected chi connectivity index (χ2v) is 6.73. The van der Waals surface area contributed by atoms with Crippen molar-refractivity contribution in [3.8, 4) is 0 Å². The van der Waals surface area contributed by atoms with E-state index in [0.717, 1.165) is 32.0 Å². The second kappa shape index (κ2) is 12.0. The van der Waals surface area contributed by atoms with Gasteiger partial charge in [-0.3, -0.25) is 9.67 Å². The van der Waals surface area contributed by atoms with E-state index in [-0.39, 0.29) is 24.0 Å². The molecule has 1 fully saturated rings. The van der Waals surface area contributed by atoms with Gasteiger partial charge in [-0.25, -0.2) is 0 Å². The lowest BCUT2D eigenvalue weighted by molar-refractivity contribution is 0.334. The zero-order chi connectivity index (χ0) is 18.0. The molecule has 2 heterocycles. The lowest BCUT2D eigenvalue weighted by Gasteiger charge is -2.16. The SMILES string of the molecule is CN=C(NCCCN1CCCC1)NCc1ccccc1Cn1cccn1.I. The molecule has 2 N–H and O–H groups in total. The first-order valence-corrected chi connectivity index (χ1v) is 9.56. The van der Waals surface area contributed by atoms with E-state index in [9.17, 15) is 0 Å². The minimum atomic E-state index is 0. The molecule has 0 amide bonds. The molecule has 1 aromatic carbocycles. The van der Waals surface area contributed by atoms with Crippen molar-refractivity contribution in [1.82, 2.24) is 25.3 Å². The second-order valence-electron chi connectivity index (χ2n) is 6.73. The summed E-state index contributed by atoms with van der Waals surface area (Å²) in [6.45, 7) is 6.19. The molecule has 0 radical (unpaired) electrons. The number of benzene rings is 1. The summed E-state index contributed by atoms with van der Waals surface area (Å²) in [5, 5.41) is 11.2. The molecule has 0 spiro atoms. The van der Waals surface area contributed by atoms with Gasteiger partial charge in [-0.1, -0.05) is 24.3 Å². The van der Waals surface area contributed by atoms with Crippen LogP contribution < -0.4 is 10.6 Å². The monoisotopic (exact) mass is 482 g/mol. The van der Waals surface area contributed by atoms with Crippen LogP contribution in [0.2, 0.25) is 0 Å². The molecule has 0 atom stereocenters. The first-order chi connectivity index (χ1) is 12.8. The van der Waals surface area contributed by atoms with Crippen molar-refractivity contribution in [2.75, 3.05) is 33.2 Å². The summed E-state index contributed by atoms with van der Waals surface area (Å²) >= 11 is 0. The summed E-state index contributed by atoms with van der Waals surface area (Å²) < 4.78 is 1.95. The quantitative estimate of drug-likeness (QED) is 0.263. The van der Waals surface area contributed by atoms with E-state index >= 15 is 0 Å². The van der Waals surface area contributed by atoms with Gasteiger partial charge in [-0.2, -0.15) is 5.10 Å². The molecule has 7 heteroatoms. The average Bonchev–Trinajstić information content (AvgIpc) is 3.36. The van der Waals surface area contributed by atoms with Gasteiger partial charge >= 0.3 is 0 Å². The molecule has 0 saturated carbocycles. The van der Waals surface area contributed by atoms with Crippen molar-refractivity contribution in [3.05, 3.63) is 53.9 Å². The van der Waals surface area contributed by atoms with Crippen molar-refractivity contribution < 1.29 is 0 Å². The normalized spacial score (nSPS) is 14.8. The highest BCUT2D eigenvalue weighted by atomic mass is 127. The van der Waals surface area contributed by atoms with Gasteiger partial charge in [0.25, 0.3) is 0 Å². The maximum atomic E-state index is 4.34. The van der Waals surface area contributed by atoms with Crippen molar-refractivity contribution in [2.24, 2.45) is 4.99 Å². The smallest absolute Gasteiger partial charge is 0.191 e. The number of hydrogen-bond donors (Lipinski definition) is 2. The molecule has 1 aliphatic heterocycles.